The number of carbonyl (C=O) groups is 3. The van der Waals surface area contributed by atoms with E-state index in [1.165, 1.54) is 41.7 Å². The molecule has 1 fully saturated rings. The number of nitrogens with one attached hydrogen (secondary N) is 1. The highest BCUT2D eigenvalue weighted by molar-refractivity contribution is 8.26. The molecule has 208 valence electrons. The average molecular weight is 623 g/mol. The maximum absolute atomic E-state index is 13.7. The lowest BCUT2D eigenvalue weighted by Crippen LogP contribution is -2.47. The van der Waals surface area contributed by atoms with Crippen LogP contribution in [-0.4, -0.2) is 58.6 Å². The van der Waals surface area contributed by atoms with Crippen molar-refractivity contribution < 1.29 is 36.7 Å². The fraction of sp³-hybridized carbons (Fsp3) is 0.154. The van der Waals surface area contributed by atoms with Gasteiger partial charge in [0.2, 0.25) is 5.91 Å². The van der Waals surface area contributed by atoms with E-state index in [9.17, 15) is 31.6 Å². The van der Waals surface area contributed by atoms with Crippen LogP contribution in [0.4, 0.5) is 14.5 Å². The molecule has 2 N–H and O–H groups in total. The van der Waals surface area contributed by atoms with Crippen molar-refractivity contribution in [2.24, 2.45) is 0 Å². The number of carboxylic acids is 1. The summed E-state index contributed by atoms with van der Waals surface area (Å²) in [4.78, 5) is 39.6. The van der Waals surface area contributed by atoms with E-state index in [-0.39, 0.29) is 32.7 Å². The number of thiocarbonyl (C=S) groups is 1. The van der Waals surface area contributed by atoms with Gasteiger partial charge in [0.1, 0.15) is 20.2 Å². The van der Waals surface area contributed by atoms with Gasteiger partial charge in [0.05, 0.1) is 16.2 Å². The van der Waals surface area contributed by atoms with E-state index in [2.05, 4.69) is 5.32 Å². The van der Waals surface area contributed by atoms with Crippen molar-refractivity contribution in [3.05, 3.63) is 80.9 Å². The molecule has 4 rings (SSSR count). The lowest BCUT2D eigenvalue weighted by Gasteiger charge is -2.25. The molecule has 0 aliphatic carbocycles. The lowest BCUT2D eigenvalue weighted by atomic mass is 10.1. The predicted octanol–water partition coefficient (Wildman–Crippen LogP) is 5.03. The highest BCUT2D eigenvalue weighted by Gasteiger charge is 2.40. The molecular weight excluding hydrogens is 603 g/mol. The minimum atomic E-state index is -3.49. The van der Waals surface area contributed by atoms with Gasteiger partial charge < -0.3 is 10.4 Å². The van der Waals surface area contributed by atoms with E-state index in [4.69, 9.17) is 17.3 Å². The van der Waals surface area contributed by atoms with Crippen molar-refractivity contribution in [2.75, 3.05) is 17.3 Å². The van der Waals surface area contributed by atoms with Gasteiger partial charge >= 0.3 is 5.97 Å². The predicted molar refractivity (Wildman–Crippen MR) is 155 cm³/mol. The Labute approximate surface area is 241 Å². The molecule has 1 atom stereocenters. The number of anilines is 1. The third-order valence-corrected chi connectivity index (χ3v) is 8.93. The molecule has 1 aliphatic heterocycles. The number of hydrogen-bond donors (Lipinski definition) is 2. The van der Waals surface area contributed by atoms with Crippen molar-refractivity contribution in [3.63, 3.8) is 0 Å². The molecule has 2 heterocycles. The highest BCUT2D eigenvalue weighted by Crippen LogP contribution is 2.37. The van der Waals surface area contributed by atoms with Crippen LogP contribution in [0.25, 0.3) is 17.2 Å². The molecule has 0 bridgehead atoms. The van der Waals surface area contributed by atoms with Crippen molar-refractivity contribution in [3.8, 4) is 11.1 Å². The van der Waals surface area contributed by atoms with E-state index < -0.39 is 45.3 Å². The molecule has 3 aromatic rings. The van der Waals surface area contributed by atoms with Gasteiger partial charge in [-0.2, -0.15) is 0 Å². The highest BCUT2D eigenvalue weighted by atomic mass is 32.2. The fourth-order valence-corrected chi connectivity index (χ4v) is 6.68. The first-order valence-electron chi connectivity index (χ1n) is 11.5. The monoisotopic (exact) mass is 622 g/mol. The van der Waals surface area contributed by atoms with Crippen LogP contribution in [0.2, 0.25) is 0 Å². The maximum atomic E-state index is 13.7. The van der Waals surface area contributed by atoms with E-state index in [0.29, 0.717) is 16.0 Å². The lowest BCUT2D eigenvalue weighted by molar-refractivity contribution is -0.130. The summed E-state index contributed by atoms with van der Waals surface area (Å²) >= 11 is 7.60. The number of sulfone groups is 1. The van der Waals surface area contributed by atoms with Crippen molar-refractivity contribution >= 4 is 79.0 Å². The van der Waals surface area contributed by atoms with E-state index >= 15 is 0 Å². The van der Waals surface area contributed by atoms with Crippen LogP contribution in [0.3, 0.4) is 0 Å². The maximum Gasteiger partial charge on any atom is 0.335 e. The number of thioether (sulfide) groups is 1. The molecule has 0 saturated carbocycles. The van der Waals surface area contributed by atoms with Gasteiger partial charge in [0.25, 0.3) is 5.91 Å². The Bertz CT molecular complexity index is 1650. The third kappa shape index (κ3) is 6.99. The van der Waals surface area contributed by atoms with Crippen LogP contribution in [-0.2, 0) is 19.4 Å². The molecule has 0 unspecified atom stereocenters. The van der Waals surface area contributed by atoms with Crippen LogP contribution in [0.1, 0.15) is 21.7 Å². The molecule has 1 aliphatic rings. The average Bonchev–Trinajstić information content (AvgIpc) is 3.45. The van der Waals surface area contributed by atoms with Gasteiger partial charge in [-0.25, -0.2) is 22.0 Å². The smallest absolute Gasteiger partial charge is 0.335 e. The Hall–Kier alpha value is -3.46. The molecule has 0 radical (unpaired) electrons. The number of nitrogens with zero attached hydrogens (tertiary/aromatic N) is 1. The normalized spacial score (nSPS) is 15.5. The Kier molecular flexibility index (Phi) is 8.83. The van der Waals surface area contributed by atoms with E-state index in [1.54, 1.807) is 17.5 Å². The van der Waals surface area contributed by atoms with E-state index in [0.717, 1.165) is 35.1 Å². The van der Waals surface area contributed by atoms with Crippen LogP contribution in [0, 0.1) is 11.6 Å². The second-order valence-electron chi connectivity index (χ2n) is 8.72. The van der Waals surface area contributed by atoms with Gasteiger partial charge in [-0.05, 0) is 71.5 Å². The van der Waals surface area contributed by atoms with Crippen LogP contribution in [0.5, 0.6) is 0 Å². The van der Waals surface area contributed by atoms with E-state index in [1.807, 2.05) is 0 Å². The Balaban J connectivity index is 1.57. The SMILES string of the molecule is CS(=O)(=O)CC[C@@H](C(=O)Nc1ccc(C(=O)O)cc1)N1C(=O)C(=Cc2cc(-c3ccc(F)c(F)c3)cs2)SC1=S. The van der Waals surface area contributed by atoms with Gasteiger partial charge in [0.15, 0.2) is 11.6 Å². The summed E-state index contributed by atoms with van der Waals surface area (Å²) in [6.07, 6.45) is 2.35. The van der Waals surface area contributed by atoms with Crippen molar-refractivity contribution in [1.29, 1.82) is 0 Å². The Morgan fingerprint density at radius 1 is 1.10 bits per heavy atom. The molecule has 0 spiro atoms. The number of aromatic carboxylic acids is 1. The molecule has 2 amide bonds. The number of halogens is 2. The molecule has 2 aromatic carbocycles. The van der Waals surface area contributed by atoms with Crippen molar-refractivity contribution in [2.45, 2.75) is 12.5 Å². The number of carbonyl (C=O) groups excluding carboxylic acids is 2. The van der Waals surface area contributed by atoms with Gasteiger partial charge in [-0.1, -0.05) is 30.0 Å². The molecule has 14 heteroatoms. The second kappa shape index (κ2) is 12.0. The number of carboxylic acid groups (broad SMARTS) is 1. The number of hydrogen-bond acceptors (Lipinski definition) is 8. The minimum Gasteiger partial charge on any atom is -0.478 e. The van der Waals surface area contributed by atoms with Gasteiger partial charge in [0, 0.05) is 16.8 Å². The topological polar surface area (TPSA) is 121 Å². The molecule has 1 aromatic heterocycles. The summed E-state index contributed by atoms with van der Waals surface area (Å²) in [6.45, 7) is 0. The summed E-state index contributed by atoms with van der Waals surface area (Å²) in [6, 6.07) is 9.30. The number of rotatable bonds is 9. The first kappa shape index (κ1) is 29.5. The summed E-state index contributed by atoms with van der Waals surface area (Å²) < 4.78 is 50.8. The molecule has 1 saturated heterocycles. The standard InChI is InChI=1S/C26H20F2N2O6S4/c1-40(35,36)9-8-21(23(31)29-17-5-2-14(3-6-17)25(33)34)30-24(32)22(39-26(30)37)12-18-10-16(13-38-18)15-4-7-19(27)20(28)11-15/h2-7,10-13,21H,8-9H2,1H3,(H,29,31)(H,33,34)/t21-/m0/s1. The zero-order valence-electron chi connectivity index (χ0n) is 20.6. The zero-order chi connectivity index (χ0) is 29.2. The van der Waals surface area contributed by atoms with Crippen LogP contribution < -0.4 is 5.32 Å². The third-order valence-electron chi connectivity index (χ3n) is 5.75. The molecular formula is C26H20F2N2O6S4. The molecule has 8 nitrogen and oxygen atoms in total. The largest absolute Gasteiger partial charge is 0.478 e. The van der Waals surface area contributed by atoms with Gasteiger partial charge in [-0.15, -0.1) is 11.3 Å². The van der Waals surface area contributed by atoms with Crippen LogP contribution in [0.15, 0.2) is 58.8 Å². The van der Waals surface area contributed by atoms with Crippen LogP contribution >= 0.6 is 35.3 Å². The minimum absolute atomic E-state index is 0.00926. The number of amides is 2. The van der Waals surface area contributed by atoms with Gasteiger partial charge in [-0.3, -0.25) is 14.5 Å². The summed E-state index contributed by atoms with van der Waals surface area (Å²) in [5, 5.41) is 13.4. The summed E-state index contributed by atoms with van der Waals surface area (Å²) in [7, 11) is -3.49. The Morgan fingerprint density at radius 2 is 1.80 bits per heavy atom. The summed E-state index contributed by atoms with van der Waals surface area (Å²) in [5.74, 6) is -4.76. The number of thiophene rings is 1. The first-order chi connectivity index (χ1) is 18.8. The summed E-state index contributed by atoms with van der Waals surface area (Å²) in [5.41, 5.74) is 1.33. The zero-order valence-corrected chi connectivity index (χ0v) is 23.9. The Morgan fingerprint density at radius 3 is 2.42 bits per heavy atom. The molecule has 40 heavy (non-hydrogen) atoms. The van der Waals surface area contributed by atoms with Crippen molar-refractivity contribution in [1.82, 2.24) is 4.90 Å². The first-order valence-corrected chi connectivity index (χ1v) is 15.6. The fourth-order valence-electron chi connectivity index (χ4n) is 3.76. The number of benzene rings is 2. The quantitative estimate of drug-likeness (QED) is 0.252. The second-order valence-corrected chi connectivity index (χ2v) is 13.6.